The van der Waals surface area contributed by atoms with Crippen molar-refractivity contribution in [3.05, 3.63) is 0 Å². The predicted molar refractivity (Wildman–Crippen MR) is 86.0 cm³/mol. The van der Waals surface area contributed by atoms with E-state index in [2.05, 4.69) is 13.8 Å². The molecule has 0 N–H and O–H groups in total. The summed E-state index contributed by atoms with van der Waals surface area (Å²) in [7, 11) is 0. The van der Waals surface area contributed by atoms with Crippen molar-refractivity contribution in [2.45, 2.75) is 77.4 Å². The summed E-state index contributed by atoms with van der Waals surface area (Å²) < 4.78 is 31.9. The van der Waals surface area contributed by atoms with Gasteiger partial charge in [-0.1, -0.05) is 34.1 Å². The van der Waals surface area contributed by atoms with E-state index in [0.29, 0.717) is 31.1 Å². The molecule has 126 valence electrons. The number of halogens is 2. The van der Waals surface area contributed by atoms with Crippen LogP contribution in [0.4, 0.5) is 8.78 Å². The van der Waals surface area contributed by atoms with Crippen LogP contribution < -0.4 is 0 Å². The van der Waals surface area contributed by atoms with Gasteiger partial charge < -0.3 is 4.74 Å². The Kier molecular flexibility index (Phi) is 11.1. The van der Waals surface area contributed by atoms with Crippen LogP contribution in [0, 0.1) is 5.92 Å². The van der Waals surface area contributed by atoms with Crippen LogP contribution in [-0.4, -0.2) is 29.5 Å². The van der Waals surface area contributed by atoms with E-state index in [-0.39, 0.29) is 24.1 Å². The average Bonchev–Trinajstić information content (AvgIpc) is 2.39. The summed E-state index contributed by atoms with van der Waals surface area (Å²) in [5.41, 5.74) is 0. The molecule has 0 amide bonds. The predicted octanol–water partition coefficient (Wildman–Crippen LogP) is 5.30. The van der Waals surface area contributed by atoms with Crippen molar-refractivity contribution in [2.24, 2.45) is 5.92 Å². The topological polar surface area (TPSA) is 26.3 Å². The molecule has 2 nitrogen and oxygen atoms in total. The van der Waals surface area contributed by atoms with Crippen LogP contribution in [0.1, 0.15) is 66.2 Å². The van der Waals surface area contributed by atoms with Gasteiger partial charge in [-0.15, -0.1) is 11.8 Å². The second-order valence-corrected chi connectivity index (χ2v) is 7.18. The van der Waals surface area contributed by atoms with Gasteiger partial charge in [-0.3, -0.25) is 4.79 Å². The van der Waals surface area contributed by atoms with Gasteiger partial charge in [0.1, 0.15) is 5.25 Å². The third-order valence-electron chi connectivity index (χ3n) is 3.02. The van der Waals surface area contributed by atoms with E-state index in [4.69, 9.17) is 4.74 Å². The van der Waals surface area contributed by atoms with E-state index in [1.54, 1.807) is 6.92 Å². The zero-order chi connectivity index (χ0) is 16.3. The number of hydrogen-bond acceptors (Lipinski definition) is 3. The molecule has 0 aromatic carbocycles. The van der Waals surface area contributed by atoms with Crippen LogP contribution in [0.15, 0.2) is 0 Å². The highest BCUT2D eigenvalue weighted by molar-refractivity contribution is 8.00. The Morgan fingerprint density at radius 2 is 1.86 bits per heavy atom. The third kappa shape index (κ3) is 11.0. The Labute approximate surface area is 132 Å². The average molecular weight is 324 g/mol. The quantitative estimate of drug-likeness (QED) is 0.360. The first-order valence-corrected chi connectivity index (χ1v) is 9.03. The molecule has 0 aliphatic carbocycles. The van der Waals surface area contributed by atoms with Crippen molar-refractivity contribution in [1.29, 1.82) is 0 Å². The van der Waals surface area contributed by atoms with Crippen LogP contribution in [0.5, 0.6) is 0 Å². The van der Waals surface area contributed by atoms with Gasteiger partial charge in [0.2, 0.25) is 5.92 Å². The summed E-state index contributed by atoms with van der Waals surface area (Å²) in [6.45, 7) is 8.26. The Bertz CT molecular complexity index is 283. The molecular formula is C16H30F2O2S. The van der Waals surface area contributed by atoms with E-state index >= 15 is 0 Å². The summed E-state index contributed by atoms with van der Waals surface area (Å²) >= 11 is 1.46. The van der Waals surface area contributed by atoms with E-state index in [1.807, 2.05) is 6.92 Å². The fourth-order valence-electron chi connectivity index (χ4n) is 2.00. The van der Waals surface area contributed by atoms with Crippen molar-refractivity contribution in [1.82, 2.24) is 0 Å². The Hall–Kier alpha value is -0.320. The highest BCUT2D eigenvalue weighted by atomic mass is 32.2. The molecule has 5 heteroatoms. The van der Waals surface area contributed by atoms with E-state index in [0.717, 1.165) is 12.8 Å². The van der Waals surface area contributed by atoms with Crippen LogP contribution in [-0.2, 0) is 9.53 Å². The first-order chi connectivity index (χ1) is 9.82. The molecule has 0 aliphatic rings. The molecule has 1 atom stereocenters. The molecule has 0 aromatic heterocycles. The largest absolute Gasteiger partial charge is 0.465 e. The standard InChI is InChI=1S/C16H30F2O2S/c1-5-8-16(17,18)9-7-11-21-14(12-13(3)4)15(19)20-10-6-2/h13-14H,5-12H2,1-4H3. The minimum Gasteiger partial charge on any atom is -0.465 e. The number of rotatable bonds is 12. The molecule has 0 heterocycles. The molecule has 0 rings (SSSR count). The molecule has 0 bridgehead atoms. The van der Waals surface area contributed by atoms with Gasteiger partial charge in [-0.25, -0.2) is 8.78 Å². The minimum atomic E-state index is -2.56. The highest BCUT2D eigenvalue weighted by Crippen LogP contribution is 2.28. The fraction of sp³-hybridized carbons (Fsp3) is 0.938. The Morgan fingerprint density at radius 3 is 2.38 bits per heavy atom. The maximum absolute atomic E-state index is 13.4. The molecular weight excluding hydrogens is 294 g/mol. The van der Waals surface area contributed by atoms with E-state index in [1.165, 1.54) is 11.8 Å². The SMILES string of the molecule is CCCOC(=O)C(CC(C)C)SCCCC(F)(F)CCC. The number of alkyl halides is 2. The second-order valence-electron chi connectivity index (χ2n) is 5.87. The highest BCUT2D eigenvalue weighted by Gasteiger charge is 2.27. The van der Waals surface area contributed by atoms with Gasteiger partial charge in [-0.05, 0) is 30.9 Å². The summed E-state index contributed by atoms with van der Waals surface area (Å²) in [4.78, 5) is 11.9. The lowest BCUT2D eigenvalue weighted by atomic mass is 10.1. The first kappa shape index (κ1) is 20.7. The van der Waals surface area contributed by atoms with Crippen molar-refractivity contribution in [3.8, 4) is 0 Å². The zero-order valence-electron chi connectivity index (χ0n) is 13.8. The number of hydrogen-bond donors (Lipinski definition) is 0. The molecule has 0 saturated heterocycles. The molecule has 1 unspecified atom stereocenters. The normalized spacial score (nSPS) is 13.5. The lowest BCUT2D eigenvalue weighted by molar-refractivity contribution is -0.143. The molecule has 0 aromatic rings. The van der Waals surface area contributed by atoms with Gasteiger partial charge in [0.05, 0.1) is 6.61 Å². The van der Waals surface area contributed by atoms with Gasteiger partial charge in [-0.2, -0.15) is 0 Å². The number of carbonyl (C=O) groups excluding carboxylic acids is 1. The van der Waals surface area contributed by atoms with Crippen LogP contribution in [0.2, 0.25) is 0 Å². The maximum Gasteiger partial charge on any atom is 0.319 e. The minimum absolute atomic E-state index is 0.0500. The Balaban J connectivity index is 4.15. The smallest absolute Gasteiger partial charge is 0.319 e. The summed E-state index contributed by atoms with van der Waals surface area (Å²) in [5, 5.41) is -0.226. The lowest BCUT2D eigenvalue weighted by Gasteiger charge is -2.19. The van der Waals surface area contributed by atoms with Crippen molar-refractivity contribution >= 4 is 17.7 Å². The van der Waals surface area contributed by atoms with E-state index < -0.39 is 5.92 Å². The summed E-state index contributed by atoms with van der Waals surface area (Å²) in [6, 6.07) is 0. The molecule has 0 aliphatic heterocycles. The van der Waals surface area contributed by atoms with Crippen LogP contribution >= 0.6 is 11.8 Å². The number of carbonyl (C=O) groups is 1. The molecule has 21 heavy (non-hydrogen) atoms. The number of esters is 1. The van der Waals surface area contributed by atoms with Crippen molar-refractivity contribution < 1.29 is 18.3 Å². The van der Waals surface area contributed by atoms with Gasteiger partial charge >= 0.3 is 5.97 Å². The van der Waals surface area contributed by atoms with Crippen molar-refractivity contribution in [2.75, 3.05) is 12.4 Å². The fourth-order valence-corrected chi connectivity index (χ4v) is 3.32. The first-order valence-electron chi connectivity index (χ1n) is 7.98. The van der Waals surface area contributed by atoms with E-state index in [9.17, 15) is 13.6 Å². The van der Waals surface area contributed by atoms with Crippen LogP contribution in [0.3, 0.4) is 0 Å². The molecule has 0 radical (unpaired) electrons. The third-order valence-corrected chi connectivity index (χ3v) is 4.33. The van der Waals surface area contributed by atoms with Gasteiger partial charge in [0.25, 0.3) is 0 Å². The maximum atomic E-state index is 13.4. The van der Waals surface area contributed by atoms with Gasteiger partial charge in [0.15, 0.2) is 0 Å². The van der Waals surface area contributed by atoms with Gasteiger partial charge in [0, 0.05) is 12.8 Å². The summed E-state index contributed by atoms with van der Waals surface area (Å²) in [5.74, 6) is -1.79. The van der Waals surface area contributed by atoms with Crippen molar-refractivity contribution in [3.63, 3.8) is 0 Å². The lowest BCUT2D eigenvalue weighted by Crippen LogP contribution is -2.23. The number of ether oxygens (including phenoxy) is 1. The molecule has 0 fully saturated rings. The zero-order valence-corrected chi connectivity index (χ0v) is 14.6. The van der Waals surface area contributed by atoms with Crippen LogP contribution in [0.25, 0.3) is 0 Å². The monoisotopic (exact) mass is 324 g/mol. The molecule has 0 spiro atoms. The summed E-state index contributed by atoms with van der Waals surface area (Å²) in [6.07, 6.45) is 2.33. The second kappa shape index (κ2) is 11.3. The molecule has 0 saturated carbocycles. The Morgan fingerprint density at radius 1 is 1.19 bits per heavy atom. The number of thioether (sulfide) groups is 1.